The quantitative estimate of drug-likeness (QED) is 0.891. The fourth-order valence-electron chi connectivity index (χ4n) is 1.93. The van der Waals surface area contributed by atoms with Gasteiger partial charge in [0.1, 0.15) is 11.9 Å². The lowest BCUT2D eigenvalue weighted by molar-refractivity contribution is -0.127. The predicted molar refractivity (Wildman–Crippen MR) is 84.8 cm³/mol. The second-order valence-electron chi connectivity index (χ2n) is 4.98. The number of ether oxygens (including phenoxy) is 2. The van der Waals surface area contributed by atoms with Crippen molar-refractivity contribution in [1.29, 1.82) is 0 Å². The molecule has 5 nitrogen and oxygen atoms in total. The minimum absolute atomic E-state index is 0.187. The number of hydrogen-bond acceptors (Lipinski definition) is 4. The largest absolute Gasteiger partial charge is 0.497 e. The molecule has 0 aliphatic carbocycles. The number of carbonyl (C=O) groups excluding carboxylic acids is 1. The van der Waals surface area contributed by atoms with Crippen molar-refractivity contribution in [2.75, 3.05) is 12.4 Å². The number of anilines is 1. The first-order valence-electron chi connectivity index (χ1n) is 7.06. The van der Waals surface area contributed by atoms with Gasteiger partial charge in [0.2, 0.25) is 0 Å². The maximum atomic E-state index is 12.1. The van der Waals surface area contributed by atoms with Gasteiger partial charge < -0.3 is 14.8 Å². The Morgan fingerprint density at radius 2 is 2.14 bits per heavy atom. The molecule has 0 aliphatic heterocycles. The number of methoxy groups -OCH3 is 1. The van der Waals surface area contributed by atoms with Gasteiger partial charge in [0.05, 0.1) is 13.7 Å². The van der Waals surface area contributed by atoms with E-state index in [1.54, 1.807) is 26.3 Å². The molecule has 22 heavy (non-hydrogen) atoms. The molecule has 0 radical (unpaired) electrons. The van der Waals surface area contributed by atoms with E-state index in [9.17, 15) is 4.79 Å². The smallest absolute Gasteiger partial charge is 0.253 e. The lowest BCUT2D eigenvalue weighted by Gasteiger charge is -2.14. The summed E-state index contributed by atoms with van der Waals surface area (Å²) in [5.41, 5.74) is 2.52. The average molecular weight is 300 g/mol. The van der Waals surface area contributed by atoms with Crippen LogP contribution in [0.1, 0.15) is 18.2 Å². The van der Waals surface area contributed by atoms with Crippen molar-refractivity contribution in [2.24, 2.45) is 0 Å². The van der Waals surface area contributed by atoms with Gasteiger partial charge in [0.15, 0.2) is 0 Å². The molecule has 0 fully saturated rings. The minimum Gasteiger partial charge on any atom is -0.497 e. The van der Waals surface area contributed by atoms with Gasteiger partial charge in [-0.15, -0.1) is 0 Å². The molecule has 2 aromatic rings. The van der Waals surface area contributed by atoms with Crippen LogP contribution >= 0.6 is 0 Å². The van der Waals surface area contributed by atoms with E-state index in [-0.39, 0.29) is 5.91 Å². The molecular weight excluding hydrogens is 280 g/mol. The molecule has 0 saturated carbocycles. The highest BCUT2D eigenvalue weighted by Gasteiger charge is 2.14. The Balaban J connectivity index is 1.88. The summed E-state index contributed by atoms with van der Waals surface area (Å²) in [7, 11) is 1.62. The van der Waals surface area contributed by atoms with E-state index >= 15 is 0 Å². The maximum Gasteiger partial charge on any atom is 0.253 e. The molecule has 5 heteroatoms. The van der Waals surface area contributed by atoms with Crippen LogP contribution in [0.3, 0.4) is 0 Å². The fraction of sp³-hybridized carbons (Fsp3) is 0.294. The Kier molecular flexibility index (Phi) is 5.49. The first-order valence-corrected chi connectivity index (χ1v) is 7.06. The van der Waals surface area contributed by atoms with E-state index in [0.29, 0.717) is 12.3 Å². The van der Waals surface area contributed by atoms with Gasteiger partial charge in [-0.1, -0.05) is 12.1 Å². The highest BCUT2D eigenvalue weighted by atomic mass is 16.5. The van der Waals surface area contributed by atoms with Crippen molar-refractivity contribution < 1.29 is 14.3 Å². The number of aromatic nitrogens is 1. The molecule has 2 rings (SSSR count). The summed E-state index contributed by atoms with van der Waals surface area (Å²) in [5, 5.41) is 2.81. The number of carbonyl (C=O) groups is 1. The van der Waals surface area contributed by atoms with Crippen molar-refractivity contribution in [3.05, 3.63) is 53.9 Å². The SMILES string of the molecule is COc1cccc(COC(C)C(=O)Nc2ccnc(C)c2)c1. The Hall–Kier alpha value is -2.40. The highest BCUT2D eigenvalue weighted by molar-refractivity contribution is 5.93. The summed E-state index contributed by atoms with van der Waals surface area (Å²) in [4.78, 5) is 16.2. The van der Waals surface area contributed by atoms with E-state index in [4.69, 9.17) is 9.47 Å². The Bertz CT molecular complexity index is 643. The van der Waals surface area contributed by atoms with Gasteiger partial charge in [-0.3, -0.25) is 9.78 Å². The number of nitrogens with one attached hydrogen (secondary N) is 1. The molecule has 116 valence electrons. The zero-order valence-corrected chi connectivity index (χ0v) is 13.0. The number of pyridine rings is 1. The summed E-state index contributed by atoms with van der Waals surface area (Å²) in [6, 6.07) is 11.1. The summed E-state index contributed by atoms with van der Waals surface area (Å²) in [6.45, 7) is 3.95. The number of aryl methyl sites for hydroxylation is 1. The molecule has 1 aromatic carbocycles. The van der Waals surface area contributed by atoms with E-state index < -0.39 is 6.10 Å². The molecule has 1 amide bonds. The molecule has 1 N–H and O–H groups in total. The number of amides is 1. The molecule has 0 saturated heterocycles. The molecule has 1 aromatic heterocycles. The van der Waals surface area contributed by atoms with Crippen molar-refractivity contribution in [3.8, 4) is 5.75 Å². The summed E-state index contributed by atoms with van der Waals surface area (Å²) in [5.74, 6) is 0.582. The van der Waals surface area contributed by atoms with E-state index in [0.717, 1.165) is 17.0 Å². The lowest BCUT2D eigenvalue weighted by Crippen LogP contribution is -2.27. The normalized spacial score (nSPS) is 11.8. The number of benzene rings is 1. The fourth-order valence-corrected chi connectivity index (χ4v) is 1.93. The molecular formula is C17H20N2O3. The van der Waals surface area contributed by atoms with E-state index in [2.05, 4.69) is 10.3 Å². The van der Waals surface area contributed by atoms with Gasteiger partial charge in [0.25, 0.3) is 5.91 Å². The van der Waals surface area contributed by atoms with Gasteiger partial charge >= 0.3 is 0 Å². The van der Waals surface area contributed by atoms with Crippen LogP contribution in [0.4, 0.5) is 5.69 Å². The first-order chi connectivity index (χ1) is 10.6. The van der Waals surface area contributed by atoms with Crippen LogP contribution < -0.4 is 10.1 Å². The summed E-state index contributed by atoms with van der Waals surface area (Å²) < 4.78 is 10.8. The zero-order valence-electron chi connectivity index (χ0n) is 13.0. The standard InChI is InChI=1S/C17H20N2O3/c1-12-9-15(7-8-18-12)19-17(20)13(2)22-11-14-5-4-6-16(10-14)21-3/h4-10,13H,11H2,1-3H3,(H,18,19,20). The third-order valence-electron chi connectivity index (χ3n) is 3.17. The second-order valence-corrected chi connectivity index (χ2v) is 4.98. The molecule has 1 unspecified atom stereocenters. The predicted octanol–water partition coefficient (Wildman–Crippen LogP) is 2.94. The second kappa shape index (κ2) is 7.56. The lowest BCUT2D eigenvalue weighted by atomic mass is 10.2. The van der Waals surface area contributed by atoms with Gasteiger partial charge in [-0.05, 0) is 43.7 Å². The molecule has 0 aliphatic rings. The van der Waals surface area contributed by atoms with Crippen LogP contribution in [0.15, 0.2) is 42.6 Å². The van der Waals surface area contributed by atoms with Crippen molar-refractivity contribution >= 4 is 11.6 Å². The topological polar surface area (TPSA) is 60.5 Å². The van der Waals surface area contributed by atoms with Crippen LogP contribution in [0.25, 0.3) is 0 Å². The van der Waals surface area contributed by atoms with Crippen LogP contribution in [-0.4, -0.2) is 24.1 Å². The molecule has 1 atom stereocenters. The van der Waals surface area contributed by atoms with Gasteiger partial charge in [0, 0.05) is 17.6 Å². The van der Waals surface area contributed by atoms with Crippen molar-refractivity contribution in [1.82, 2.24) is 4.98 Å². The maximum absolute atomic E-state index is 12.1. The zero-order chi connectivity index (χ0) is 15.9. The third-order valence-corrected chi connectivity index (χ3v) is 3.17. The van der Waals surface area contributed by atoms with Crippen LogP contribution in [0, 0.1) is 6.92 Å². The molecule has 1 heterocycles. The monoisotopic (exact) mass is 300 g/mol. The first kappa shape index (κ1) is 16.0. The summed E-state index contributed by atoms with van der Waals surface area (Å²) in [6.07, 6.45) is 1.10. The average Bonchev–Trinajstić information content (AvgIpc) is 2.52. The van der Waals surface area contributed by atoms with Gasteiger partial charge in [-0.2, -0.15) is 0 Å². The van der Waals surface area contributed by atoms with Gasteiger partial charge in [-0.25, -0.2) is 0 Å². The van der Waals surface area contributed by atoms with E-state index in [1.165, 1.54) is 0 Å². The number of hydrogen-bond donors (Lipinski definition) is 1. The Labute approximate surface area is 130 Å². The minimum atomic E-state index is -0.556. The summed E-state index contributed by atoms with van der Waals surface area (Å²) >= 11 is 0. The van der Waals surface area contributed by atoms with Crippen molar-refractivity contribution in [2.45, 2.75) is 26.6 Å². The van der Waals surface area contributed by atoms with Crippen molar-refractivity contribution in [3.63, 3.8) is 0 Å². The number of nitrogens with zero attached hydrogens (tertiary/aromatic N) is 1. The van der Waals surface area contributed by atoms with Crippen LogP contribution in [-0.2, 0) is 16.1 Å². The van der Waals surface area contributed by atoms with Crippen LogP contribution in [0.5, 0.6) is 5.75 Å². The molecule has 0 bridgehead atoms. The number of rotatable bonds is 6. The Morgan fingerprint density at radius 1 is 1.32 bits per heavy atom. The molecule has 0 spiro atoms. The third kappa shape index (κ3) is 4.56. The highest BCUT2D eigenvalue weighted by Crippen LogP contribution is 2.14. The van der Waals surface area contributed by atoms with Crippen LogP contribution in [0.2, 0.25) is 0 Å². The van der Waals surface area contributed by atoms with E-state index in [1.807, 2.05) is 37.3 Å². The Morgan fingerprint density at radius 3 is 2.86 bits per heavy atom.